The van der Waals surface area contributed by atoms with E-state index in [9.17, 15) is 40.7 Å². The molecule has 1 unspecified atom stereocenters. The van der Waals surface area contributed by atoms with Crippen LogP contribution in [-0.4, -0.2) is 47.6 Å². The molecule has 6 nitrogen and oxygen atoms in total. The highest BCUT2D eigenvalue weighted by atomic mass is 19.4. The summed E-state index contributed by atoms with van der Waals surface area (Å²) in [5, 5.41) is 0. The second-order valence-electron chi connectivity index (χ2n) is 8.27. The van der Waals surface area contributed by atoms with Crippen LogP contribution in [-0.2, 0) is 28.6 Å². The largest absolute Gasteiger partial charge is 0.460 e. The van der Waals surface area contributed by atoms with Crippen LogP contribution in [0, 0.1) is 5.92 Å². The fourth-order valence-corrected chi connectivity index (χ4v) is 1.92. The van der Waals surface area contributed by atoms with Gasteiger partial charge in [-0.3, -0.25) is 9.59 Å². The van der Waals surface area contributed by atoms with Gasteiger partial charge in [-0.2, -0.15) is 26.3 Å². The Bertz CT molecular complexity index is 653. The van der Waals surface area contributed by atoms with Gasteiger partial charge in [0.05, 0.1) is 12.3 Å². The lowest BCUT2D eigenvalue weighted by Gasteiger charge is -2.27. The second kappa shape index (κ2) is 9.25. The lowest BCUT2D eigenvalue weighted by atomic mass is 9.96. The summed E-state index contributed by atoms with van der Waals surface area (Å²) in [4.78, 5) is 36.3. The Morgan fingerprint density at radius 2 is 1.20 bits per heavy atom. The minimum absolute atomic E-state index is 0.914. The van der Waals surface area contributed by atoms with Gasteiger partial charge in [0.25, 0.3) is 6.10 Å². The summed E-state index contributed by atoms with van der Waals surface area (Å²) >= 11 is 0. The Balaban J connectivity index is 5.76. The molecule has 0 fully saturated rings. The van der Waals surface area contributed by atoms with Gasteiger partial charge in [-0.15, -0.1) is 0 Å². The molecule has 0 aromatic rings. The summed E-state index contributed by atoms with van der Waals surface area (Å²) in [6, 6.07) is 0. The first kappa shape index (κ1) is 27.7. The summed E-state index contributed by atoms with van der Waals surface area (Å²) in [6.07, 6.45) is -17.3. The van der Waals surface area contributed by atoms with Crippen molar-refractivity contribution in [2.75, 3.05) is 0 Å². The first-order valence-electron chi connectivity index (χ1n) is 8.52. The molecule has 0 heterocycles. The molecular weight excluding hydrogens is 426 g/mol. The fourth-order valence-electron chi connectivity index (χ4n) is 1.92. The molecule has 0 N–H and O–H groups in total. The number of rotatable bonds is 6. The van der Waals surface area contributed by atoms with Crippen LogP contribution in [0.1, 0.15) is 48.0 Å². The molecule has 12 heteroatoms. The molecule has 0 amide bonds. The topological polar surface area (TPSA) is 78.9 Å². The average Bonchev–Trinajstić information content (AvgIpc) is 2.43. The number of alkyl halides is 6. The van der Waals surface area contributed by atoms with Crippen molar-refractivity contribution in [2.45, 2.75) is 77.6 Å². The molecule has 0 bridgehead atoms. The molecule has 30 heavy (non-hydrogen) atoms. The van der Waals surface area contributed by atoms with Crippen LogP contribution < -0.4 is 0 Å². The van der Waals surface area contributed by atoms with Gasteiger partial charge in [-0.25, -0.2) is 4.79 Å². The summed E-state index contributed by atoms with van der Waals surface area (Å²) in [6.45, 7) is 11.7. The van der Waals surface area contributed by atoms with Crippen molar-refractivity contribution in [2.24, 2.45) is 5.92 Å². The first-order valence-corrected chi connectivity index (χ1v) is 8.52. The molecule has 0 aromatic carbocycles. The number of carbonyl (C=O) groups is 3. The highest BCUT2D eigenvalue weighted by molar-refractivity contribution is 5.97. The monoisotopic (exact) mass is 450 g/mol. The Hall–Kier alpha value is -2.27. The summed E-state index contributed by atoms with van der Waals surface area (Å²) in [5.74, 6) is -6.41. The van der Waals surface area contributed by atoms with Crippen LogP contribution >= 0.6 is 0 Å². The molecule has 1 atom stereocenters. The Morgan fingerprint density at radius 1 is 0.800 bits per heavy atom. The number of halogens is 6. The first-order chi connectivity index (χ1) is 13.0. The molecule has 0 aromatic heterocycles. The molecule has 0 rings (SSSR count). The molecular formula is C18H24F6O6. The van der Waals surface area contributed by atoms with Crippen molar-refractivity contribution in [1.82, 2.24) is 0 Å². The smallest absolute Gasteiger partial charge is 0.434 e. The third-order valence-corrected chi connectivity index (χ3v) is 2.98. The van der Waals surface area contributed by atoms with Crippen LogP contribution in [0.2, 0.25) is 0 Å². The zero-order valence-electron chi connectivity index (χ0n) is 17.3. The maximum Gasteiger partial charge on any atom is 0.434 e. The van der Waals surface area contributed by atoms with Gasteiger partial charge in [0.1, 0.15) is 11.2 Å². The number of hydrogen-bond donors (Lipinski definition) is 0. The lowest BCUT2D eigenvalue weighted by molar-refractivity contribution is -0.312. The van der Waals surface area contributed by atoms with Crippen LogP contribution in [0.25, 0.3) is 0 Å². The van der Waals surface area contributed by atoms with E-state index in [1.807, 2.05) is 0 Å². The van der Waals surface area contributed by atoms with E-state index in [1.165, 1.54) is 41.5 Å². The number of carbonyl (C=O) groups excluding carboxylic acids is 3. The van der Waals surface area contributed by atoms with Crippen molar-refractivity contribution < 1.29 is 54.9 Å². The normalized spacial score (nSPS) is 14.2. The molecule has 0 aliphatic heterocycles. The van der Waals surface area contributed by atoms with Gasteiger partial charge >= 0.3 is 30.3 Å². The molecule has 0 radical (unpaired) electrons. The minimum atomic E-state index is -5.96. The van der Waals surface area contributed by atoms with Crippen molar-refractivity contribution in [3.05, 3.63) is 12.2 Å². The van der Waals surface area contributed by atoms with E-state index in [0.29, 0.717) is 0 Å². The van der Waals surface area contributed by atoms with E-state index >= 15 is 0 Å². The van der Waals surface area contributed by atoms with E-state index in [2.05, 4.69) is 11.3 Å². The van der Waals surface area contributed by atoms with Crippen molar-refractivity contribution in [3.8, 4) is 0 Å². The molecule has 0 aliphatic rings. The highest BCUT2D eigenvalue weighted by Crippen LogP contribution is 2.36. The number of ether oxygens (including phenoxy) is 3. The highest BCUT2D eigenvalue weighted by Gasteiger charge is 2.60. The van der Waals surface area contributed by atoms with E-state index < -0.39 is 65.5 Å². The third-order valence-electron chi connectivity index (χ3n) is 2.98. The number of hydrogen-bond acceptors (Lipinski definition) is 6. The number of esters is 3. The quantitative estimate of drug-likeness (QED) is 0.260. The van der Waals surface area contributed by atoms with Crippen LogP contribution in [0.3, 0.4) is 0 Å². The second-order valence-corrected chi connectivity index (χ2v) is 8.27. The summed E-state index contributed by atoms with van der Waals surface area (Å²) in [5.41, 5.74) is -3.28. The summed E-state index contributed by atoms with van der Waals surface area (Å²) < 4.78 is 89.2. The Kier molecular flexibility index (Phi) is 8.55. The molecule has 174 valence electrons. The van der Waals surface area contributed by atoms with E-state index in [1.54, 1.807) is 0 Å². The van der Waals surface area contributed by atoms with Gasteiger partial charge in [0.15, 0.2) is 0 Å². The zero-order valence-corrected chi connectivity index (χ0v) is 17.3. The average molecular weight is 450 g/mol. The van der Waals surface area contributed by atoms with Crippen LogP contribution in [0.5, 0.6) is 0 Å². The van der Waals surface area contributed by atoms with E-state index in [-0.39, 0.29) is 0 Å². The van der Waals surface area contributed by atoms with Gasteiger partial charge in [0.2, 0.25) is 0 Å². The third kappa shape index (κ3) is 9.97. The zero-order chi connectivity index (χ0) is 24.3. The Morgan fingerprint density at radius 3 is 1.53 bits per heavy atom. The maximum absolute atomic E-state index is 12.6. The molecule has 0 saturated carbocycles. The summed E-state index contributed by atoms with van der Waals surface area (Å²) in [7, 11) is 0. The predicted molar refractivity (Wildman–Crippen MR) is 90.9 cm³/mol. The van der Waals surface area contributed by atoms with Gasteiger partial charge in [-0.1, -0.05) is 6.58 Å². The van der Waals surface area contributed by atoms with Crippen molar-refractivity contribution in [3.63, 3.8) is 0 Å². The van der Waals surface area contributed by atoms with E-state index in [0.717, 1.165) is 0 Å². The fraction of sp³-hybridized carbons (Fsp3) is 0.722. The van der Waals surface area contributed by atoms with Gasteiger partial charge in [-0.05, 0) is 41.5 Å². The maximum atomic E-state index is 12.6. The predicted octanol–water partition coefficient (Wildman–Crippen LogP) is 4.27. The van der Waals surface area contributed by atoms with E-state index in [4.69, 9.17) is 9.47 Å². The van der Waals surface area contributed by atoms with Gasteiger partial charge in [0, 0.05) is 5.57 Å². The standard InChI is InChI=1S/C18H24F6O6/c1-9(12(26)28-14(17(19,20)21)18(22,23)24)10(13(27)30-16(5,6)7)8-11(25)29-15(2,3)4/h10,14H,1,8H2,2-7H3. The lowest BCUT2D eigenvalue weighted by Crippen LogP contribution is -2.46. The minimum Gasteiger partial charge on any atom is -0.460 e. The SMILES string of the molecule is C=C(C(=O)OC(C(F)(F)F)C(F)(F)F)C(CC(=O)OC(C)(C)C)C(=O)OC(C)(C)C. The van der Waals surface area contributed by atoms with Crippen LogP contribution in [0.15, 0.2) is 12.2 Å². The molecule has 0 spiro atoms. The molecule has 0 aliphatic carbocycles. The Labute approximate surface area is 169 Å². The molecule has 0 saturated heterocycles. The van der Waals surface area contributed by atoms with Crippen molar-refractivity contribution in [1.29, 1.82) is 0 Å². The van der Waals surface area contributed by atoms with Gasteiger partial charge < -0.3 is 14.2 Å². The van der Waals surface area contributed by atoms with Crippen molar-refractivity contribution >= 4 is 17.9 Å². The van der Waals surface area contributed by atoms with Crippen LogP contribution in [0.4, 0.5) is 26.3 Å².